The van der Waals surface area contributed by atoms with Crippen LogP contribution in [0.2, 0.25) is 0 Å². The van der Waals surface area contributed by atoms with Gasteiger partial charge in [-0.1, -0.05) is 25.1 Å². The minimum atomic E-state index is -0.851. The average molecular weight is 193 g/mol. The van der Waals surface area contributed by atoms with Crippen molar-refractivity contribution in [1.82, 2.24) is 5.32 Å². The first-order valence-corrected chi connectivity index (χ1v) is 4.69. The molecule has 0 spiro atoms. The number of nitrogens with one attached hydrogen (secondary N) is 1. The quantitative estimate of drug-likeness (QED) is 0.766. The van der Waals surface area contributed by atoms with Crippen LogP contribution in [0.25, 0.3) is 0 Å². The van der Waals surface area contributed by atoms with E-state index in [-0.39, 0.29) is 0 Å². The van der Waals surface area contributed by atoms with E-state index < -0.39 is 5.97 Å². The van der Waals surface area contributed by atoms with Gasteiger partial charge in [-0.3, -0.25) is 0 Å². The van der Waals surface area contributed by atoms with Crippen LogP contribution in [-0.2, 0) is 6.54 Å². The Morgan fingerprint density at radius 2 is 2.21 bits per heavy atom. The van der Waals surface area contributed by atoms with Crippen molar-refractivity contribution >= 4 is 5.97 Å². The first kappa shape index (κ1) is 10.7. The second-order valence-corrected chi connectivity index (χ2v) is 3.19. The highest BCUT2D eigenvalue weighted by atomic mass is 16.4. The Morgan fingerprint density at radius 3 is 2.79 bits per heavy atom. The number of hydrogen-bond acceptors (Lipinski definition) is 2. The van der Waals surface area contributed by atoms with Crippen molar-refractivity contribution < 1.29 is 9.90 Å². The average Bonchev–Trinajstić information content (AvgIpc) is 2.14. The summed E-state index contributed by atoms with van der Waals surface area (Å²) in [5.41, 5.74) is 2.08. The minimum Gasteiger partial charge on any atom is -0.478 e. The van der Waals surface area contributed by atoms with Crippen molar-refractivity contribution in [1.29, 1.82) is 0 Å². The van der Waals surface area contributed by atoms with Gasteiger partial charge in [0.1, 0.15) is 0 Å². The highest BCUT2D eigenvalue weighted by Gasteiger charge is 2.11. The zero-order chi connectivity index (χ0) is 10.6. The fourth-order valence-electron chi connectivity index (χ4n) is 1.44. The summed E-state index contributed by atoms with van der Waals surface area (Å²) >= 11 is 0. The van der Waals surface area contributed by atoms with Gasteiger partial charge in [-0.2, -0.15) is 0 Å². The fourth-order valence-corrected chi connectivity index (χ4v) is 1.44. The molecule has 0 fully saturated rings. The lowest BCUT2D eigenvalue weighted by Gasteiger charge is -2.08. The van der Waals surface area contributed by atoms with Crippen molar-refractivity contribution in [3.63, 3.8) is 0 Å². The van der Waals surface area contributed by atoms with E-state index in [4.69, 9.17) is 5.11 Å². The molecule has 1 rings (SSSR count). The molecule has 0 bridgehead atoms. The number of carboxylic acid groups (broad SMARTS) is 1. The normalized spacial score (nSPS) is 10.1. The Morgan fingerprint density at radius 1 is 1.50 bits per heavy atom. The van der Waals surface area contributed by atoms with Gasteiger partial charge in [0.05, 0.1) is 5.56 Å². The van der Waals surface area contributed by atoms with Gasteiger partial charge in [0.15, 0.2) is 0 Å². The van der Waals surface area contributed by atoms with Crippen molar-refractivity contribution in [3.05, 3.63) is 34.9 Å². The van der Waals surface area contributed by atoms with E-state index >= 15 is 0 Å². The Balaban J connectivity index is 3.02. The summed E-state index contributed by atoms with van der Waals surface area (Å²) < 4.78 is 0. The molecule has 0 saturated carbocycles. The molecule has 0 aliphatic heterocycles. The lowest BCUT2D eigenvalue weighted by molar-refractivity contribution is 0.0694. The Hall–Kier alpha value is -1.35. The molecule has 0 aliphatic rings. The largest absolute Gasteiger partial charge is 0.478 e. The van der Waals surface area contributed by atoms with Crippen LogP contribution in [0.15, 0.2) is 18.2 Å². The summed E-state index contributed by atoms with van der Waals surface area (Å²) in [4.78, 5) is 11.0. The number of carboxylic acids is 1. The summed E-state index contributed by atoms with van der Waals surface area (Å²) in [5.74, 6) is -0.851. The van der Waals surface area contributed by atoms with Crippen LogP contribution < -0.4 is 5.32 Å². The summed E-state index contributed by atoms with van der Waals surface area (Å²) in [6.45, 7) is 5.27. The Labute approximate surface area is 83.8 Å². The molecular weight excluding hydrogens is 178 g/mol. The number of aromatic carboxylic acids is 1. The van der Waals surface area contributed by atoms with Crippen LogP contribution in [0.5, 0.6) is 0 Å². The van der Waals surface area contributed by atoms with E-state index in [1.165, 1.54) is 0 Å². The molecule has 0 atom stereocenters. The SMILES string of the molecule is CCNCc1cccc(C)c1C(=O)O. The van der Waals surface area contributed by atoms with Gasteiger partial charge >= 0.3 is 5.97 Å². The van der Waals surface area contributed by atoms with Crippen molar-refractivity contribution in [2.75, 3.05) is 6.54 Å². The van der Waals surface area contributed by atoms with E-state index in [1.54, 1.807) is 0 Å². The zero-order valence-electron chi connectivity index (χ0n) is 8.50. The van der Waals surface area contributed by atoms with Gasteiger partial charge in [0, 0.05) is 6.54 Å². The zero-order valence-corrected chi connectivity index (χ0v) is 8.50. The predicted molar refractivity (Wildman–Crippen MR) is 55.5 cm³/mol. The summed E-state index contributed by atoms with van der Waals surface area (Å²) in [7, 11) is 0. The first-order valence-electron chi connectivity index (χ1n) is 4.69. The highest BCUT2D eigenvalue weighted by molar-refractivity contribution is 5.91. The minimum absolute atomic E-state index is 0.424. The van der Waals surface area contributed by atoms with Gasteiger partial charge < -0.3 is 10.4 Å². The first-order chi connectivity index (χ1) is 6.66. The molecular formula is C11H15NO2. The fraction of sp³-hybridized carbons (Fsp3) is 0.364. The Bertz CT molecular complexity index is 334. The molecule has 76 valence electrons. The Kier molecular flexibility index (Phi) is 3.65. The molecule has 0 aliphatic carbocycles. The van der Waals surface area contributed by atoms with Crippen LogP contribution in [-0.4, -0.2) is 17.6 Å². The number of aryl methyl sites for hydroxylation is 1. The third-order valence-electron chi connectivity index (χ3n) is 2.14. The second-order valence-electron chi connectivity index (χ2n) is 3.19. The predicted octanol–water partition coefficient (Wildman–Crippen LogP) is 1.80. The number of carbonyl (C=O) groups is 1. The molecule has 0 aromatic heterocycles. The van der Waals surface area contributed by atoms with Crippen molar-refractivity contribution in [2.45, 2.75) is 20.4 Å². The van der Waals surface area contributed by atoms with Gasteiger partial charge in [-0.05, 0) is 24.6 Å². The molecule has 0 saturated heterocycles. The number of benzene rings is 1. The van der Waals surface area contributed by atoms with E-state index in [2.05, 4.69) is 5.32 Å². The van der Waals surface area contributed by atoms with Gasteiger partial charge in [0.2, 0.25) is 0 Å². The highest BCUT2D eigenvalue weighted by Crippen LogP contribution is 2.13. The lowest BCUT2D eigenvalue weighted by atomic mass is 10.0. The van der Waals surface area contributed by atoms with Gasteiger partial charge in [0.25, 0.3) is 0 Å². The summed E-state index contributed by atoms with van der Waals surface area (Å²) in [6.07, 6.45) is 0. The summed E-state index contributed by atoms with van der Waals surface area (Å²) in [6, 6.07) is 5.55. The van der Waals surface area contributed by atoms with Crippen LogP contribution >= 0.6 is 0 Å². The number of rotatable bonds is 4. The van der Waals surface area contributed by atoms with Crippen LogP contribution in [0.1, 0.15) is 28.4 Å². The number of hydrogen-bond donors (Lipinski definition) is 2. The van der Waals surface area contributed by atoms with Gasteiger partial charge in [-0.25, -0.2) is 4.79 Å². The molecule has 0 radical (unpaired) electrons. The van der Waals surface area contributed by atoms with E-state index in [0.29, 0.717) is 12.1 Å². The van der Waals surface area contributed by atoms with Crippen LogP contribution in [0, 0.1) is 6.92 Å². The third kappa shape index (κ3) is 2.33. The molecule has 0 amide bonds. The van der Waals surface area contributed by atoms with Gasteiger partial charge in [-0.15, -0.1) is 0 Å². The molecule has 2 N–H and O–H groups in total. The summed E-state index contributed by atoms with van der Waals surface area (Å²) in [5, 5.41) is 12.1. The van der Waals surface area contributed by atoms with Crippen LogP contribution in [0.4, 0.5) is 0 Å². The van der Waals surface area contributed by atoms with E-state index in [1.807, 2.05) is 32.0 Å². The second kappa shape index (κ2) is 4.77. The van der Waals surface area contributed by atoms with Crippen LogP contribution in [0.3, 0.4) is 0 Å². The standard InChI is InChI=1S/C11H15NO2/c1-3-12-7-9-6-4-5-8(2)10(9)11(13)14/h4-6,12H,3,7H2,1-2H3,(H,13,14). The molecule has 3 nitrogen and oxygen atoms in total. The topological polar surface area (TPSA) is 49.3 Å². The molecule has 0 unspecified atom stereocenters. The molecule has 3 heteroatoms. The van der Waals surface area contributed by atoms with Crippen molar-refractivity contribution in [3.8, 4) is 0 Å². The molecule has 1 aromatic rings. The van der Waals surface area contributed by atoms with Crippen molar-refractivity contribution in [2.24, 2.45) is 0 Å². The maximum Gasteiger partial charge on any atom is 0.336 e. The lowest BCUT2D eigenvalue weighted by Crippen LogP contribution is -2.15. The maximum absolute atomic E-state index is 11.0. The third-order valence-corrected chi connectivity index (χ3v) is 2.14. The monoisotopic (exact) mass is 193 g/mol. The van der Waals surface area contributed by atoms with E-state index in [9.17, 15) is 4.79 Å². The molecule has 1 aromatic carbocycles. The smallest absolute Gasteiger partial charge is 0.336 e. The molecule has 0 heterocycles. The van der Waals surface area contributed by atoms with E-state index in [0.717, 1.165) is 17.7 Å². The molecule has 14 heavy (non-hydrogen) atoms. The maximum atomic E-state index is 11.0.